The van der Waals surface area contributed by atoms with Crippen LogP contribution in [0, 0.1) is 0 Å². The number of H-pyrrole nitrogens is 2. The van der Waals surface area contributed by atoms with Crippen LogP contribution in [-0.4, -0.2) is 29.9 Å². The second kappa shape index (κ2) is 8.20. The third-order valence-electron chi connectivity index (χ3n) is 8.08. The molecule has 3 aromatic carbocycles. The second-order valence-electron chi connectivity index (χ2n) is 11.3. The molecule has 7 heteroatoms. The molecule has 0 saturated heterocycles. The van der Waals surface area contributed by atoms with E-state index in [4.69, 9.17) is 9.97 Å². The number of imidazole rings is 2. The number of aromatic nitrogens is 6. The van der Waals surface area contributed by atoms with Gasteiger partial charge in [0.25, 0.3) is 0 Å². The van der Waals surface area contributed by atoms with Crippen molar-refractivity contribution in [2.24, 2.45) is 0 Å². The maximum atomic E-state index is 4.92. The number of nitrogens with zero attached hydrogens (tertiary/aromatic N) is 4. The van der Waals surface area contributed by atoms with E-state index in [0.29, 0.717) is 11.8 Å². The molecule has 1 aliphatic rings. The van der Waals surface area contributed by atoms with E-state index in [1.807, 2.05) is 17.5 Å². The van der Waals surface area contributed by atoms with Crippen molar-refractivity contribution in [2.45, 2.75) is 52.4 Å². The lowest BCUT2D eigenvalue weighted by molar-refractivity contribution is 0.787. The molecule has 0 spiro atoms. The Hall–Kier alpha value is -4.10. The lowest BCUT2D eigenvalue weighted by Gasteiger charge is -2.16. The Morgan fingerprint density at radius 1 is 0.821 bits per heavy atom. The highest BCUT2D eigenvalue weighted by Crippen LogP contribution is 2.44. The van der Waals surface area contributed by atoms with E-state index >= 15 is 0 Å². The summed E-state index contributed by atoms with van der Waals surface area (Å²) in [7, 11) is 0. The van der Waals surface area contributed by atoms with Crippen molar-refractivity contribution in [1.29, 1.82) is 0 Å². The molecule has 8 rings (SSSR count). The van der Waals surface area contributed by atoms with E-state index in [0.717, 1.165) is 57.2 Å². The first-order valence-corrected chi connectivity index (χ1v) is 14.5. The third kappa shape index (κ3) is 3.32. The molecule has 39 heavy (non-hydrogen) atoms. The predicted molar refractivity (Wildman–Crippen MR) is 161 cm³/mol. The van der Waals surface area contributed by atoms with Crippen LogP contribution in [0.15, 0.2) is 48.9 Å². The molecule has 4 aromatic heterocycles. The van der Waals surface area contributed by atoms with Gasteiger partial charge < -0.3 is 9.97 Å². The van der Waals surface area contributed by atoms with E-state index in [1.54, 1.807) is 6.33 Å². The molecule has 1 aliphatic carbocycles. The van der Waals surface area contributed by atoms with Gasteiger partial charge in [0.2, 0.25) is 0 Å². The molecule has 2 N–H and O–H groups in total. The molecule has 0 bridgehead atoms. The molecule has 0 unspecified atom stereocenters. The Morgan fingerprint density at radius 3 is 2.51 bits per heavy atom. The van der Waals surface area contributed by atoms with Crippen molar-refractivity contribution >= 4 is 54.1 Å². The minimum atomic E-state index is 0.308. The monoisotopic (exact) mass is 528 g/mol. The Morgan fingerprint density at radius 2 is 1.67 bits per heavy atom. The summed E-state index contributed by atoms with van der Waals surface area (Å²) in [5, 5.41) is 4.65. The number of rotatable bonds is 3. The summed E-state index contributed by atoms with van der Waals surface area (Å²) < 4.78 is 1.38. The summed E-state index contributed by atoms with van der Waals surface area (Å²) in [6.07, 6.45) is 5.55. The molecule has 0 atom stereocenters. The fourth-order valence-electron chi connectivity index (χ4n) is 6.02. The molecule has 0 aliphatic heterocycles. The minimum Gasteiger partial charge on any atom is -0.342 e. The number of hydrogen-bond donors (Lipinski definition) is 2. The van der Waals surface area contributed by atoms with Crippen LogP contribution in [0.5, 0.6) is 0 Å². The molecular weight excluding hydrogens is 500 g/mol. The number of thiophene rings is 1. The number of fused-ring (bicyclic) bond motifs is 11. The first-order chi connectivity index (χ1) is 19.0. The van der Waals surface area contributed by atoms with Crippen molar-refractivity contribution in [2.75, 3.05) is 0 Å². The summed E-state index contributed by atoms with van der Waals surface area (Å²) in [5.74, 6) is 2.77. The van der Waals surface area contributed by atoms with Crippen LogP contribution in [0.2, 0.25) is 0 Å². The quantitative estimate of drug-likeness (QED) is 0.226. The topological polar surface area (TPSA) is 83.1 Å². The fourth-order valence-corrected chi connectivity index (χ4v) is 7.25. The van der Waals surface area contributed by atoms with E-state index < -0.39 is 0 Å². The van der Waals surface area contributed by atoms with Crippen LogP contribution in [0.1, 0.15) is 62.4 Å². The van der Waals surface area contributed by atoms with Crippen LogP contribution in [-0.2, 0) is 12.8 Å². The standard InChI is InChI=1S/C32H28N6S/c1-15(2)31-35-24-10-9-21-19(26(24)36-31)8-6-18-12-25(39-30(18)21)17-5-7-20-22(11-17)23-13-33-14-34-27(23)29-28(20)37-32(38-29)16(3)4/h5-8,11-16H,9-10H2,1-4H3,(H,35,36)(H,37,38). The van der Waals surface area contributed by atoms with Crippen molar-refractivity contribution in [3.8, 4) is 21.7 Å². The summed E-state index contributed by atoms with van der Waals surface area (Å²) >= 11 is 1.89. The van der Waals surface area contributed by atoms with Crippen LogP contribution in [0.3, 0.4) is 0 Å². The van der Waals surface area contributed by atoms with Gasteiger partial charge in [-0.2, -0.15) is 0 Å². The molecule has 0 radical (unpaired) electrons. The Balaban J connectivity index is 1.31. The van der Waals surface area contributed by atoms with Gasteiger partial charge in [0, 0.05) is 43.9 Å². The molecule has 7 aromatic rings. The Bertz CT molecular complexity index is 2090. The number of nitrogens with one attached hydrogen (secondary N) is 2. The number of benzene rings is 3. The highest BCUT2D eigenvalue weighted by Gasteiger charge is 2.24. The number of hydrogen-bond acceptors (Lipinski definition) is 5. The van der Waals surface area contributed by atoms with Gasteiger partial charge in [0.15, 0.2) is 0 Å². The predicted octanol–water partition coefficient (Wildman–Crippen LogP) is 8.28. The maximum Gasteiger partial charge on any atom is 0.116 e. The van der Waals surface area contributed by atoms with Gasteiger partial charge in [-0.25, -0.2) is 19.9 Å². The van der Waals surface area contributed by atoms with Gasteiger partial charge in [-0.05, 0) is 46.9 Å². The zero-order valence-electron chi connectivity index (χ0n) is 22.4. The lowest BCUT2D eigenvalue weighted by atomic mass is 9.91. The molecule has 192 valence electrons. The molecular formula is C32H28N6S. The largest absolute Gasteiger partial charge is 0.342 e. The lowest BCUT2D eigenvalue weighted by Crippen LogP contribution is -2.03. The highest BCUT2D eigenvalue weighted by molar-refractivity contribution is 7.22. The van der Waals surface area contributed by atoms with E-state index in [9.17, 15) is 0 Å². The smallest absolute Gasteiger partial charge is 0.116 e. The third-order valence-corrected chi connectivity index (χ3v) is 9.34. The Kier molecular flexibility index (Phi) is 4.80. The van der Waals surface area contributed by atoms with Crippen molar-refractivity contribution in [3.63, 3.8) is 0 Å². The Labute approximate surface area is 229 Å². The minimum absolute atomic E-state index is 0.308. The van der Waals surface area contributed by atoms with Gasteiger partial charge in [-0.1, -0.05) is 52.0 Å². The normalized spacial score (nSPS) is 13.4. The van der Waals surface area contributed by atoms with Crippen molar-refractivity contribution < 1.29 is 0 Å². The first-order valence-electron chi connectivity index (χ1n) is 13.7. The van der Waals surface area contributed by atoms with Gasteiger partial charge in [0.05, 0.1) is 16.9 Å². The summed E-state index contributed by atoms with van der Waals surface area (Å²) in [6.45, 7) is 8.70. The average molecular weight is 529 g/mol. The molecule has 4 heterocycles. The first kappa shape index (κ1) is 22.8. The molecule has 0 saturated carbocycles. The van der Waals surface area contributed by atoms with Gasteiger partial charge >= 0.3 is 0 Å². The van der Waals surface area contributed by atoms with E-state index in [-0.39, 0.29) is 0 Å². The molecule has 0 fully saturated rings. The fraction of sp³-hybridized carbons (Fsp3) is 0.250. The van der Waals surface area contributed by atoms with Crippen LogP contribution < -0.4 is 0 Å². The van der Waals surface area contributed by atoms with Crippen LogP contribution in [0.4, 0.5) is 0 Å². The summed E-state index contributed by atoms with van der Waals surface area (Å²) in [5.41, 5.74) is 9.24. The summed E-state index contributed by atoms with van der Waals surface area (Å²) in [6, 6.07) is 13.7. The SMILES string of the molecule is CC(C)c1nc2c([nH]1)-c1ccc3cc(-c4ccc5c(c4)c4cncnc4c4nc(C(C)C)[nH]c54)sc3c1CC2. The zero-order valence-corrected chi connectivity index (χ0v) is 23.2. The van der Waals surface area contributed by atoms with Crippen LogP contribution >= 0.6 is 11.3 Å². The van der Waals surface area contributed by atoms with Gasteiger partial charge in [-0.3, -0.25) is 0 Å². The number of aromatic amines is 2. The van der Waals surface area contributed by atoms with Gasteiger partial charge in [-0.15, -0.1) is 11.3 Å². The van der Waals surface area contributed by atoms with E-state index in [2.05, 4.69) is 84.0 Å². The average Bonchev–Trinajstić information content (AvgIpc) is 3.69. The van der Waals surface area contributed by atoms with Gasteiger partial charge in [0.1, 0.15) is 29.0 Å². The van der Waals surface area contributed by atoms with Crippen molar-refractivity contribution in [1.82, 2.24) is 29.9 Å². The van der Waals surface area contributed by atoms with Crippen molar-refractivity contribution in [3.05, 3.63) is 71.8 Å². The highest BCUT2D eigenvalue weighted by atomic mass is 32.1. The maximum absolute atomic E-state index is 4.92. The van der Waals surface area contributed by atoms with E-state index in [1.165, 1.54) is 43.0 Å². The van der Waals surface area contributed by atoms with Crippen LogP contribution in [0.25, 0.3) is 64.5 Å². The molecule has 6 nitrogen and oxygen atoms in total. The molecule has 0 amide bonds. The zero-order chi connectivity index (χ0) is 26.4. The summed E-state index contributed by atoms with van der Waals surface area (Å²) in [4.78, 5) is 27.3. The second-order valence-corrected chi connectivity index (χ2v) is 12.3. The number of aryl methyl sites for hydroxylation is 2.